The molecule has 29 heavy (non-hydrogen) atoms. The van der Waals surface area contributed by atoms with E-state index >= 15 is 0 Å². The van der Waals surface area contributed by atoms with Gasteiger partial charge < -0.3 is 14.9 Å². The van der Waals surface area contributed by atoms with Gasteiger partial charge in [0.2, 0.25) is 0 Å². The first-order chi connectivity index (χ1) is 14.0. The summed E-state index contributed by atoms with van der Waals surface area (Å²) in [7, 11) is 1.67. The molecule has 3 aromatic carbocycles. The molecule has 0 spiro atoms. The highest BCUT2D eigenvalue weighted by atomic mass is 16.5. The zero-order valence-electron chi connectivity index (χ0n) is 16.9. The molecule has 0 fully saturated rings. The maximum atomic E-state index is 9.96. The van der Waals surface area contributed by atoms with Crippen molar-refractivity contribution in [3.63, 3.8) is 0 Å². The Kier molecular flexibility index (Phi) is 5.06. The van der Waals surface area contributed by atoms with E-state index in [0.717, 1.165) is 36.1 Å². The molecular formula is C26H26O3. The molecule has 0 heterocycles. The Labute approximate surface area is 171 Å². The molecule has 0 saturated heterocycles. The van der Waals surface area contributed by atoms with Crippen LogP contribution in [-0.2, 0) is 12.8 Å². The minimum Gasteiger partial charge on any atom is -0.508 e. The number of benzene rings is 3. The molecule has 3 aromatic rings. The molecule has 3 nitrogen and oxygen atoms in total. The Morgan fingerprint density at radius 3 is 2.45 bits per heavy atom. The molecule has 0 radical (unpaired) electrons. The lowest BCUT2D eigenvalue weighted by Gasteiger charge is -2.38. The van der Waals surface area contributed by atoms with Gasteiger partial charge in [-0.1, -0.05) is 43.3 Å². The highest BCUT2D eigenvalue weighted by Crippen LogP contribution is 2.48. The van der Waals surface area contributed by atoms with Gasteiger partial charge in [-0.25, -0.2) is 0 Å². The molecule has 3 heteroatoms. The minimum absolute atomic E-state index is 0.0856. The lowest BCUT2D eigenvalue weighted by atomic mass is 9.65. The van der Waals surface area contributed by atoms with Crippen molar-refractivity contribution in [1.82, 2.24) is 0 Å². The number of allylic oxidation sites excluding steroid dienone is 1. The van der Waals surface area contributed by atoms with Crippen molar-refractivity contribution in [2.24, 2.45) is 5.41 Å². The molecule has 4 rings (SSSR count). The third kappa shape index (κ3) is 4.00. The third-order valence-corrected chi connectivity index (χ3v) is 5.91. The average Bonchev–Trinajstić information content (AvgIpc) is 2.71. The van der Waals surface area contributed by atoms with E-state index in [4.69, 9.17) is 4.74 Å². The Morgan fingerprint density at radius 1 is 0.966 bits per heavy atom. The van der Waals surface area contributed by atoms with Gasteiger partial charge in [0.25, 0.3) is 0 Å². The van der Waals surface area contributed by atoms with Crippen LogP contribution in [0.25, 0.3) is 11.6 Å². The second-order valence-electron chi connectivity index (χ2n) is 8.08. The van der Waals surface area contributed by atoms with E-state index < -0.39 is 0 Å². The molecule has 148 valence electrons. The summed E-state index contributed by atoms with van der Waals surface area (Å²) in [4.78, 5) is 0. The number of ether oxygens (including phenoxy) is 1. The standard InChI is InChI=1S/C26H26O3/c1-26(17-19-4-3-5-21(27)14-19)13-12-20-16-22(28)8-11-24(20)25(26)15-18-6-9-23(29-2)10-7-18/h3-11,14-16,27-28H,12-13,17H2,1-2H3/b25-15-. The van der Waals surface area contributed by atoms with Crippen LogP contribution in [0.5, 0.6) is 17.2 Å². The van der Waals surface area contributed by atoms with Gasteiger partial charge >= 0.3 is 0 Å². The highest BCUT2D eigenvalue weighted by Gasteiger charge is 2.35. The fourth-order valence-electron chi connectivity index (χ4n) is 4.34. The van der Waals surface area contributed by atoms with Crippen molar-refractivity contribution in [3.05, 3.63) is 89.0 Å². The van der Waals surface area contributed by atoms with Crippen molar-refractivity contribution >= 4 is 11.6 Å². The molecule has 1 atom stereocenters. The van der Waals surface area contributed by atoms with Crippen molar-refractivity contribution in [3.8, 4) is 17.2 Å². The number of phenols is 2. The van der Waals surface area contributed by atoms with Crippen LogP contribution in [0.15, 0.2) is 66.7 Å². The first kappa shape index (κ1) is 19.1. The summed E-state index contributed by atoms with van der Waals surface area (Å²) >= 11 is 0. The molecule has 0 bridgehead atoms. The van der Waals surface area contributed by atoms with Crippen molar-refractivity contribution in [2.75, 3.05) is 7.11 Å². The Bertz CT molecular complexity index is 1050. The molecule has 1 aliphatic rings. The normalized spacial score (nSPS) is 19.7. The summed E-state index contributed by atoms with van der Waals surface area (Å²) in [5, 5.41) is 19.9. The Hall–Kier alpha value is -3.20. The van der Waals surface area contributed by atoms with Gasteiger partial charge in [0.05, 0.1) is 7.11 Å². The summed E-state index contributed by atoms with van der Waals surface area (Å²) in [6.07, 6.45) is 4.97. The van der Waals surface area contributed by atoms with Crippen LogP contribution < -0.4 is 4.74 Å². The molecule has 0 aliphatic heterocycles. The van der Waals surface area contributed by atoms with Crippen molar-refractivity contribution < 1.29 is 14.9 Å². The molecule has 1 aliphatic carbocycles. The SMILES string of the molecule is COc1ccc(/C=C2/c3ccc(O)cc3CCC2(C)Cc2cccc(O)c2)cc1. The summed E-state index contributed by atoms with van der Waals surface area (Å²) in [6.45, 7) is 2.29. The maximum absolute atomic E-state index is 9.96. The average molecular weight is 386 g/mol. The number of hydrogen-bond acceptors (Lipinski definition) is 3. The predicted molar refractivity (Wildman–Crippen MR) is 117 cm³/mol. The van der Waals surface area contributed by atoms with Gasteiger partial charge in [0.1, 0.15) is 17.2 Å². The zero-order chi connectivity index (χ0) is 20.4. The lowest BCUT2D eigenvalue weighted by molar-refractivity contribution is 0.394. The number of phenolic OH excluding ortho intramolecular Hbond substituents is 2. The number of rotatable bonds is 4. The number of fused-ring (bicyclic) bond motifs is 1. The van der Waals surface area contributed by atoms with Crippen LogP contribution in [0, 0.1) is 5.41 Å². The van der Waals surface area contributed by atoms with Crippen LogP contribution in [-0.4, -0.2) is 17.3 Å². The molecule has 0 saturated carbocycles. The van der Waals surface area contributed by atoms with E-state index in [9.17, 15) is 10.2 Å². The second kappa shape index (κ2) is 7.67. The van der Waals surface area contributed by atoms with Crippen LogP contribution in [0.4, 0.5) is 0 Å². The van der Waals surface area contributed by atoms with Crippen molar-refractivity contribution in [1.29, 1.82) is 0 Å². The Morgan fingerprint density at radius 2 is 1.72 bits per heavy atom. The van der Waals surface area contributed by atoms with E-state index in [0.29, 0.717) is 11.5 Å². The van der Waals surface area contributed by atoms with Gasteiger partial charge in [0.15, 0.2) is 0 Å². The van der Waals surface area contributed by atoms with E-state index in [2.05, 4.69) is 31.2 Å². The van der Waals surface area contributed by atoms with Crippen LogP contribution in [0.1, 0.15) is 35.6 Å². The minimum atomic E-state index is -0.0856. The van der Waals surface area contributed by atoms with Gasteiger partial charge in [-0.3, -0.25) is 0 Å². The number of hydrogen-bond donors (Lipinski definition) is 2. The molecule has 1 unspecified atom stereocenters. The van der Waals surface area contributed by atoms with Gasteiger partial charge in [-0.2, -0.15) is 0 Å². The van der Waals surface area contributed by atoms with Crippen LogP contribution in [0.2, 0.25) is 0 Å². The lowest BCUT2D eigenvalue weighted by Crippen LogP contribution is -2.27. The largest absolute Gasteiger partial charge is 0.508 e. The van der Waals surface area contributed by atoms with E-state index in [1.807, 2.05) is 36.4 Å². The van der Waals surface area contributed by atoms with E-state index in [1.165, 1.54) is 16.7 Å². The second-order valence-corrected chi connectivity index (χ2v) is 8.08. The fourth-order valence-corrected chi connectivity index (χ4v) is 4.34. The van der Waals surface area contributed by atoms with Crippen LogP contribution in [0.3, 0.4) is 0 Å². The van der Waals surface area contributed by atoms with Gasteiger partial charge in [-0.05, 0) is 88.9 Å². The maximum Gasteiger partial charge on any atom is 0.118 e. The fraction of sp³-hybridized carbons (Fsp3) is 0.231. The van der Waals surface area contributed by atoms with Crippen LogP contribution >= 0.6 is 0 Å². The van der Waals surface area contributed by atoms with Gasteiger partial charge in [-0.15, -0.1) is 0 Å². The molecular weight excluding hydrogens is 360 g/mol. The van der Waals surface area contributed by atoms with E-state index in [1.54, 1.807) is 19.2 Å². The number of methoxy groups -OCH3 is 1. The number of aromatic hydroxyl groups is 2. The van der Waals surface area contributed by atoms with Crippen molar-refractivity contribution in [2.45, 2.75) is 26.2 Å². The summed E-state index contributed by atoms with van der Waals surface area (Å²) in [6, 6.07) is 21.3. The number of aryl methyl sites for hydroxylation is 1. The topological polar surface area (TPSA) is 49.7 Å². The third-order valence-electron chi connectivity index (χ3n) is 5.91. The summed E-state index contributed by atoms with van der Waals surface area (Å²) in [5.74, 6) is 1.45. The smallest absolute Gasteiger partial charge is 0.118 e. The predicted octanol–water partition coefficient (Wildman–Crippen LogP) is 5.84. The summed E-state index contributed by atoms with van der Waals surface area (Å²) < 4.78 is 5.29. The molecule has 2 N–H and O–H groups in total. The zero-order valence-corrected chi connectivity index (χ0v) is 16.9. The van der Waals surface area contributed by atoms with Gasteiger partial charge in [0, 0.05) is 0 Å². The first-order valence-corrected chi connectivity index (χ1v) is 9.93. The monoisotopic (exact) mass is 386 g/mol. The van der Waals surface area contributed by atoms with E-state index in [-0.39, 0.29) is 5.41 Å². The quantitative estimate of drug-likeness (QED) is 0.592. The molecule has 0 amide bonds. The molecule has 0 aromatic heterocycles. The highest BCUT2D eigenvalue weighted by molar-refractivity contribution is 5.87. The first-order valence-electron chi connectivity index (χ1n) is 9.93. The Balaban J connectivity index is 1.80. The summed E-state index contributed by atoms with van der Waals surface area (Å²) in [5.41, 5.74) is 5.77.